The monoisotopic (exact) mass is 495 g/mol. The van der Waals surface area contributed by atoms with Gasteiger partial charge in [0, 0.05) is 16.6 Å². The molecule has 1 aliphatic heterocycles. The van der Waals surface area contributed by atoms with Gasteiger partial charge in [-0.3, -0.25) is 10.1 Å². The first-order chi connectivity index (χ1) is 11.4. The lowest BCUT2D eigenvalue weighted by atomic mass is 10.1. The molecule has 0 spiro atoms. The molecule has 138 valence electrons. The number of nitro groups is 1. The van der Waals surface area contributed by atoms with Crippen LogP contribution in [0.3, 0.4) is 0 Å². The van der Waals surface area contributed by atoms with Crippen LogP contribution >= 0.6 is 44.3 Å². The molecule has 0 bridgehead atoms. The number of nitrogens with one attached hydrogen (secondary N) is 2. The van der Waals surface area contributed by atoms with Crippen molar-refractivity contribution in [3.05, 3.63) is 25.1 Å². The van der Waals surface area contributed by atoms with Crippen molar-refractivity contribution in [3.63, 3.8) is 0 Å². The standard InChI is InChI=1S/C15H19Br2N5O2.ClH/c1-8(2)21-11-7-10(16)12(17)14(22(23)24)13(11)20-15(21)19-9-3-5-18-6-4-9;/h7-9,18H,3-6H2,1-2H3,(H,19,20);1H. The number of imidazole rings is 1. The van der Waals surface area contributed by atoms with Crippen molar-refractivity contribution in [1.29, 1.82) is 0 Å². The van der Waals surface area contributed by atoms with Gasteiger partial charge in [0.05, 0.1) is 10.4 Å². The van der Waals surface area contributed by atoms with E-state index < -0.39 is 0 Å². The second-order valence-electron chi connectivity index (χ2n) is 6.21. The summed E-state index contributed by atoms with van der Waals surface area (Å²) < 4.78 is 3.10. The van der Waals surface area contributed by atoms with E-state index in [9.17, 15) is 10.1 Å². The van der Waals surface area contributed by atoms with Crippen LogP contribution in [0, 0.1) is 10.1 Å². The summed E-state index contributed by atoms with van der Waals surface area (Å²) in [5.41, 5.74) is 1.15. The summed E-state index contributed by atoms with van der Waals surface area (Å²) in [4.78, 5) is 15.7. The molecule has 1 aromatic heterocycles. The minimum absolute atomic E-state index is 0. The predicted molar refractivity (Wildman–Crippen MR) is 109 cm³/mol. The number of piperidine rings is 1. The van der Waals surface area contributed by atoms with Gasteiger partial charge in [0.15, 0.2) is 5.52 Å². The topological polar surface area (TPSA) is 85.0 Å². The van der Waals surface area contributed by atoms with Crippen molar-refractivity contribution in [2.75, 3.05) is 18.4 Å². The van der Waals surface area contributed by atoms with Crippen LogP contribution in [0.15, 0.2) is 15.0 Å². The highest BCUT2D eigenvalue weighted by molar-refractivity contribution is 9.13. The van der Waals surface area contributed by atoms with E-state index in [1.807, 2.05) is 10.6 Å². The minimum Gasteiger partial charge on any atom is -0.353 e. The van der Waals surface area contributed by atoms with Gasteiger partial charge in [-0.15, -0.1) is 12.4 Å². The molecular weight excluding hydrogens is 477 g/mol. The van der Waals surface area contributed by atoms with Gasteiger partial charge in [-0.1, -0.05) is 0 Å². The Balaban J connectivity index is 0.00000225. The third-order valence-electron chi connectivity index (χ3n) is 4.22. The third-order valence-corrected chi connectivity index (χ3v) is 6.18. The summed E-state index contributed by atoms with van der Waals surface area (Å²) in [5.74, 6) is 0.694. The average molecular weight is 498 g/mol. The van der Waals surface area contributed by atoms with Crippen LogP contribution in [0.2, 0.25) is 0 Å². The summed E-state index contributed by atoms with van der Waals surface area (Å²) in [6.07, 6.45) is 2.02. The zero-order chi connectivity index (χ0) is 17.4. The lowest BCUT2D eigenvalue weighted by Gasteiger charge is -2.25. The van der Waals surface area contributed by atoms with E-state index in [4.69, 9.17) is 0 Å². The van der Waals surface area contributed by atoms with Crippen molar-refractivity contribution < 1.29 is 4.92 Å². The van der Waals surface area contributed by atoms with E-state index >= 15 is 0 Å². The van der Waals surface area contributed by atoms with E-state index in [2.05, 4.69) is 61.3 Å². The molecule has 7 nitrogen and oxygen atoms in total. The Morgan fingerprint density at radius 2 is 2.04 bits per heavy atom. The maximum absolute atomic E-state index is 11.5. The van der Waals surface area contributed by atoms with Gasteiger partial charge in [0.25, 0.3) is 0 Å². The largest absolute Gasteiger partial charge is 0.353 e. The number of nitro benzene ring substituents is 1. The normalized spacial score (nSPS) is 15.4. The lowest BCUT2D eigenvalue weighted by Crippen LogP contribution is -2.36. The third kappa shape index (κ3) is 3.94. The van der Waals surface area contributed by atoms with Crippen LogP contribution in [0.4, 0.5) is 11.6 Å². The molecule has 1 aliphatic rings. The molecule has 1 fully saturated rings. The number of fused-ring (bicyclic) bond motifs is 1. The van der Waals surface area contributed by atoms with E-state index in [0.717, 1.165) is 31.4 Å². The van der Waals surface area contributed by atoms with Crippen LogP contribution in [0.25, 0.3) is 11.0 Å². The van der Waals surface area contributed by atoms with Crippen molar-refractivity contribution >= 4 is 66.9 Å². The number of anilines is 1. The van der Waals surface area contributed by atoms with Gasteiger partial charge in [-0.25, -0.2) is 4.98 Å². The van der Waals surface area contributed by atoms with Crippen molar-refractivity contribution in [2.24, 2.45) is 0 Å². The molecular formula is C15H20Br2ClN5O2. The van der Waals surface area contributed by atoms with Crippen LogP contribution in [0.1, 0.15) is 32.7 Å². The predicted octanol–water partition coefficient (Wildman–Crippen LogP) is 4.64. The Morgan fingerprint density at radius 1 is 1.40 bits per heavy atom. The van der Waals surface area contributed by atoms with E-state index in [-0.39, 0.29) is 29.1 Å². The molecule has 3 rings (SSSR count). The fraction of sp³-hybridized carbons (Fsp3) is 0.533. The average Bonchev–Trinajstić information content (AvgIpc) is 2.86. The van der Waals surface area contributed by atoms with Crippen molar-refractivity contribution in [2.45, 2.75) is 38.8 Å². The molecule has 1 saturated heterocycles. The first kappa shape index (κ1) is 20.4. The Labute approximate surface area is 168 Å². The summed E-state index contributed by atoms with van der Waals surface area (Å²) in [6, 6.07) is 2.34. The van der Waals surface area contributed by atoms with Gasteiger partial charge in [0.2, 0.25) is 5.95 Å². The number of benzene rings is 1. The Morgan fingerprint density at radius 3 is 2.60 bits per heavy atom. The fourth-order valence-corrected chi connectivity index (χ4v) is 3.95. The summed E-state index contributed by atoms with van der Waals surface area (Å²) >= 11 is 6.71. The Bertz CT molecular complexity index is 790. The number of halogens is 3. The van der Waals surface area contributed by atoms with Crippen molar-refractivity contribution in [3.8, 4) is 0 Å². The number of hydrogen-bond acceptors (Lipinski definition) is 5. The fourth-order valence-electron chi connectivity index (χ4n) is 3.10. The van der Waals surface area contributed by atoms with Gasteiger partial charge >= 0.3 is 5.69 Å². The maximum atomic E-state index is 11.5. The molecule has 2 N–H and O–H groups in total. The van der Waals surface area contributed by atoms with Gasteiger partial charge < -0.3 is 15.2 Å². The molecule has 0 amide bonds. The zero-order valence-electron chi connectivity index (χ0n) is 13.9. The lowest BCUT2D eigenvalue weighted by molar-refractivity contribution is -0.384. The number of nitrogens with zero attached hydrogens (tertiary/aromatic N) is 3. The number of aromatic nitrogens is 2. The summed E-state index contributed by atoms with van der Waals surface area (Å²) in [7, 11) is 0. The van der Waals surface area contributed by atoms with E-state index in [1.165, 1.54) is 0 Å². The van der Waals surface area contributed by atoms with Gasteiger partial charge in [-0.2, -0.15) is 0 Å². The second kappa shape index (κ2) is 8.20. The quantitative estimate of drug-likeness (QED) is 0.475. The molecule has 10 heteroatoms. The molecule has 0 saturated carbocycles. The van der Waals surface area contributed by atoms with Crippen LogP contribution < -0.4 is 10.6 Å². The molecule has 2 aromatic rings. The molecule has 0 aliphatic carbocycles. The first-order valence-electron chi connectivity index (χ1n) is 7.91. The molecule has 2 heterocycles. The Hall–Kier alpha value is -0.900. The van der Waals surface area contributed by atoms with Crippen LogP contribution in [-0.2, 0) is 0 Å². The second-order valence-corrected chi connectivity index (χ2v) is 7.86. The summed E-state index contributed by atoms with van der Waals surface area (Å²) in [6.45, 7) is 6.04. The molecule has 1 aromatic carbocycles. The highest BCUT2D eigenvalue weighted by Crippen LogP contribution is 2.41. The highest BCUT2D eigenvalue weighted by atomic mass is 79.9. The number of rotatable bonds is 4. The van der Waals surface area contributed by atoms with Gasteiger partial charge in [-0.05, 0) is 77.7 Å². The summed E-state index contributed by atoms with van der Waals surface area (Å²) in [5, 5.41) is 18.4. The first-order valence-corrected chi connectivity index (χ1v) is 9.50. The van der Waals surface area contributed by atoms with E-state index in [1.54, 1.807) is 0 Å². The zero-order valence-corrected chi connectivity index (χ0v) is 17.9. The van der Waals surface area contributed by atoms with Crippen LogP contribution in [0.5, 0.6) is 0 Å². The minimum atomic E-state index is -0.386. The molecule has 0 radical (unpaired) electrons. The van der Waals surface area contributed by atoms with E-state index in [0.29, 0.717) is 26.5 Å². The van der Waals surface area contributed by atoms with Crippen LogP contribution in [-0.4, -0.2) is 33.6 Å². The maximum Gasteiger partial charge on any atom is 0.312 e. The molecule has 0 atom stereocenters. The number of hydrogen-bond donors (Lipinski definition) is 2. The highest BCUT2D eigenvalue weighted by Gasteiger charge is 2.27. The van der Waals surface area contributed by atoms with Gasteiger partial charge in [0.1, 0.15) is 4.47 Å². The smallest absolute Gasteiger partial charge is 0.312 e. The molecule has 0 unspecified atom stereocenters. The SMILES string of the molecule is CC(C)n1c(NC2CCNCC2)nc2c([N+](=O)[O-])c(Br)c(Br)cc21.Cl. The Kier molecular flexibility index (Phi) is 6.69. The molecule has 25 heavy (non-hydrogen) atoms. The van der Waals surface area contributed by atoms with Crippen molar-refractivity contribution in [1.82, 2.24) is 14.9 Å².